The van der Waals surface area contributed by atoms with E-state index >= 15 is 0 Å². The minimum absolute atomic E-state index is 0.125. The first kappa shape index (κ1) is 14.7. The molecule has 18 heavy (non-hydrogen) atoms. The summed E-state index contributed by atoms with van der Waals surface area (Å²) in [5.41, 5.74) is 0.995. The number of esters is 1. The number of aryl methyl sites for hydroxylation is 1. The van der Waals surface area contributed by atoms with E-state index in [1.165, 1.54) is 0 Å². The molecule has 5 heteroatoms. The number of rotatable bonds is 7. The van der Waals surface area contributed by atoms with E-state index in [0.29, 0.717) is 13.0 Å². The Morgan fingerprint density at radius 2 is 2.28 bits per heavy atom. The summed E-state index contributed by atoms with van der Waals surface area (Å²) in [5, 5.41) is 3.25. The summed E-state index contributed by atoms with van der Waals surface area (Å²) >= 11 is 0. The number of imidazole rings is 1. The Hall–Kier alpha value is -1.36. The molecular weight excluding hydrogens is 230 g/mol. The third-order valence-electron chi connectivity index (χ3n) is 3.06. The van der Waals surface area contributed by atoms with Crippen LogP contribution in [0.2, 0.25) is 0 Å². The van der Waals surface area contributed by atoms with E-state index in [-0.39, 0.29) is 11.5 Å². The lowest BCUT2D eigenvalue weighted by Crippen LogP contribution is -2.35. The van der Waals surface area contributed by atoms with Crippen molar-refractivity contribution in [1.82, 2.24) is 14.9 Å². The van der Waals surface area contributed by atoms with E-state index in [0.717, 1.165) is 18.7 Å². The van der Waals surface area contributed by atoms with Gasteiger partial charge in [-0.15, -0.1) is 0 Å². The normalized spacial score (nSPS) is 11.6. The second-order valence-electron chi connectivity index (χ2n) is 4.76. The van der Waals surface area contributed by atoms with Gasteiger partial charge >= 0.3 is 5.97 Å². The summed E-state index contributed by atoms with van der Waals surface area (Å²) in [6.07, 6.45) is 4.88. The Balaban J connectivity index is 2.54. The Bertz CT molecular complexity index is 385. The molecular formula is C13H23N3O2. The molecule has 102 valence electrons. The molecule has 0 aromatic carbocycles. The Morgan fingerprint density at radius 1 is 1.56 bits per heavy atom. The molecule has 0 fully saturated rings. The molecule has 0 radical (unpaired) electrons. The van der Waals surface area contributed by atoms with Crippen molar-refractivity contribution in [1.29, 1.82) is 0 Å². The predicted octanol–water partition coefficient (Wildman–Crippen LogP) is 1.68. The maximum Gasteiger partial charge on any atom is 0.305 e. The van der Waals surface area contributed by atoms with Gasteiger partial charge in [-0.25, -0.2) is 4.98 Å². The van der Waals surface area contributed by atoms with Crippen molar-refractivity contribution in [3.05, 3.63) is 18.2 Å². The number of carbonyl (C=O) groups is 1. The molecule has 0 saturated heterocycles. The smallest absolute Gasteiger partial charge is 0.305 e. The first-order chi connectivity index (χ1) is 8.51. The molecule has 0 saturated carbocycles. The van der Waals surface area contributed by atoms with E-state index in [1.807, 2.05) is 20.2 Å². The van der Waals surface area contributed by atoms with E-state index in [9.17, 15) is 4.79 Å². The van der Waals surface area contributed by atoms with Gasteiger partial charge < -0.3 is 14.6 Å². The number of ether oxygens (including phenoxy) is 1. The van der Waals surface area contributed by atoms with E-state index < -0.39 is 0 Å². The molecule has 0 amide bonds. The highest BCUT2D eigenvalue weighted by Crippen LogP contribution is 2.19. The minimum atomic E-state index is -0.132. The van der Waals surface area contributed by atoms with Gasteiger partial charge in [0.25, 0.3) is 0 Å². The summed E-state index contributed by atoms with van der Waals surface area (Å²) in [6, 6.07) is 0. The maximum atomic E-state index is 11.3. The second-order valence-corrected chi connectivity index (χ2v) is 4.76. The summed E-state index contributed by atoms with van der Waals surface area (Å²) in [6.45, 7) is 7.25. The number of hydrogen-bond donors (Lipinski definition) is 1. The molecule has 0 aliphatic carbocycles. The molecule has 1 N–H and O–H groups in total. The zero-order chi connectivity index (χ0) is 13.6. The van der Waals surface area contributed by atoms with Crippen molar-refractivity contribution < 1.29 is 9.53 Å². The molecule has 1 rings (SSSR count). The average Bonchev–Trinajstić information content (AvgIpc) is 2.78. The number of hydrogen-bond acceptors (Lipinski definition) is 4. The van der Waals surface area contributed by atoms with Gasteiger partial charge in [-0.05, 0) is 34.2 Å². The summed E-state index contributed by atoms with van der Waals surface area (Å²) in [4.78, 5) is 15.4. The van der Waals surface area contributed by atoms with Crippen molar-refractivity contribution in [2.24, 2.45) is 0 Å². The standard InChI is InChI=1S/C13H23N3O2/c1-5-18-12(17)7-6-8-16-10-15-9-11(16)13(2,3)14-4/h9-10,14H,5-8H2,1-4H3. The first-order valence-corrected chi connectivity index (χ1v) is 6.36. The van der Waals surface area contributed by atoms with Crippen LogP contribution in [0.15, 0.2) is 12.5 Å². The van der Waals surface area contributed by atoms with Crippen molar-refractivity contribution in [2.45, 2.75) is 45.7 Å². The van der Waals surface area contributed by atoms with E-state index in [4.69, 9.17) is 4.74 Å². The molecule has 5 nitrogen and oxygen atoms in total. The lowest BCUT2D eigenvalue weighted by Gasteiger charge is -2.25. The van der Waals surface area contributed by atoms with Gasteiger partial charge in [-0.2, -0.15) is 0 Å². The lowest BCUT2D eigenvalue weighted by molar-refractivity contribution is -0.143. The van der Waals surface area contributed by atoms with Crippen LogP contribution in [0.3, 0.4) is 0 Å². The van der Waals surface area contributed by atoms with Crippen LogP contribution in [0.1, 0.15) is 39.3 Å². The van der Waals surface area contributed by atoms with Gasteiger partial charge in [0.15, 0.2) is 0 Å². The van der Waals surface area contributed by atoms with Crippen LogP contribution in [-0.2, 0) is 21.6 Å². The van der Waals surface area contributed by atoms with Gasteiger partial charge in [-0.3, -0.25) is 4.79 Å². The van der Waals surface area contributed by atoms with Crippen molar-refractivity contribution >= 4 is 5.97 Å². The monoisotopic (exact) mass is 253 g/mol. The largest absolute Gasteiger partial charge is 0.466 e. The molecule has 0 unspecified atom stereocenters. The van der Waals surface area contributed by atoms with Gasteiger partial charge in [0.05, 0.1) is 24.2 Å². The number of aromatic nitrogens is 2. The summed E-state index contributed by atoms with van der Waals surface area (Å²) in [7, 11) is 1.93. The number of nitrogens with zero attached hydrogens (tertiary/aromatic N) is 2. The fourth-order valence-corrected chi connectivity index (χ4v) is 1.77. The minimum Gasteiger partial charge on any atom is -0.466 e. The van der Waals surface area contributed by atoms with Crippen molar-refractivity contribution in [2.75, 3.05) is 13.7 Å². The average molecular weight is 253 g/mol. The molecule has 0 aliphatic heterocycles. The fraction of sp³-hybridized carbons (Fsp3) is 0.692. The molecule has 0 atom stereocenters. The zero-order valence-corrected chi connectivity index (χ0v) is 11.7. The van der Waals surface area contributed by atoms with Crippen LogP contribution in [0.4, 0.5) is 0 Å². The van der Waals surface area contributed by atoms with Gasteiger partial charge in [0, 0.05) is 19.2 Å². The van der Waals surface area contributed by atoms with Gasteiger partial charge in [-0.1, -0.05) is 0 Å². The van der Waals surface area contributed by atoms with Crippen LogP contribution in [0, 0.1) is 0 Å². The van der Waals surface area contributed by atoms with E-state index in [1.54, 1.807) is 6.33 Å². The highest BCUT2D eigenvalue weighted by Gasteiger charge is 2.21. The zero-order valence-electron chi connectivity index (χ0n) is 11.7. The van der Waals surface area contributed by atoms with Crippen molar-refractivity contribution in [3.63, 3.8) is 0 Å². The molecule has 1 aromatic heterocycles. The SMILES string of the molecule is CCOC(=O)CCCn1cncc1C(C)(C)NC. The summed E-state index contributed by atoms with van der Waals surface area (Å²) < 4.78 is 6.98. The highest BCUT2D eigenvalue weighted by atomic mass is 16.5. The Labute approximate surface area is 109 Å². The fourth-order valence-electron chi connectivity index (χ4n) is 1.77. The third-order valence-corrected chi connectivity index (χ3v) is 3.06. The van der Waals surface area contributed by atoms with Crippen LogP contribution in [-0.4, -0.2) is 29.2 Å². The Morgan fingerprint density at radius 3 is 2.89 bits per heavy atom. The molecule has 0 aliphatic rings. The van der Waals surface area contributed by atoms with Crippen LogP contribution >= 0.6 is 0 Å². The van der Waals surface area contributed by atoms with E-state index in [2.05, 4.69) is 28.7 Å². The molecule has 1 aromatic rings. The third kappa shape index (κ3) is 3.84. The predicted molar refractivity (Wildman–Crippen MR) is 70.2 cm³/mol. The van der Waals surface area contributed by atoms with Gasteiger partial charge in [0.2, 0.25) is 0 Å². The number of carbonyl (C=O) groups excluding carboxylic acids is 1. The Kier molecular flexibility index (Phi) is 5.34. The van der Waals surface area contributed by atoms with Gasteiger partial charge in [0.1, 0.15) is 0 Å². The van der Waals surface area contributed by atoms with Crippen LogP contribution in [0.5, 0.6) is 0 Å². The lowest BCUT2D eigenvalue weighted by atomic mass is 10.0. The number of nitrogens with one attached hydrogen (secondary N) is 1. The first-order valence-electron chi connectivity index (χ1n) is 6.36. The van der Waals surface area contributed by atoms with Crippen LogP contribution in [0.25, 0.3) is 0 Å². The van der Waals surface area contributed by atoms with Crippen LogP contribution < -0.4 is 5.32 Å². The van der Waals surface area contributed by atoms with Crippen molar-refractivity contribution in [3.8, 4) is 0 Å². The maximum absolute atomic E-state index is 11.3. The summed E-state index contributed by atoms with van der Waals surface area (Å²) in [5.74, 6) is -0.132. The molecule has 0 spiro atoms. The second kappa shape index (κ2) is 6.54. The molecule has 0 bridgehead atoms. The quantitative estimate of drug-likeness (QED) is 0.751. The highest BCUT2D eigenvalue weighted by molar-refractivity contribution is 5.69. The topological polar surface area (TPSA) is 56.2 Å². The molecule has 1 heterocycles.